The van der Waals surface area contributed by atoms with Crippen LogP contribution in [0.4, 0.5) is 4.39 Å². The van der Waals surface area contributed by atoms with Crippen LogP contribution in [0.3, 0.4) is 0 Å². The van der Waals surface area contributed by atoms with Gasteiger partial charge in [0.1, 0.15) is 5.82 Å². The van der Waals surface area contributed by atoms with Crippen molar-refractivity contribution in [2.45, 2.75) is 59.9 Å². The second-order valence-corrected chi connectivity index (χ2v) is 9.28. The molecule has 2 amide bonds. The molecule has 1 fully saturated rings. The number of hydrogen-bond acceptors (Lipinski definition) is 3. The van der Waals surface area contributed by atoms with Gasteiger partial charge in [-0.1, -0.05) is 52.7 Å². The van der Waals surface area contributed by atoms with Crippen molar-refractivity contribution in [3.8, 4) is 0 Å². The summed E-state index contributed by atoms with van der Waals surface area (Å²) in [4.78, 5) is 31.4. The van der Waals surface area contributed by atoms with Gasteiger partial charge in [-0.05, 0) is 24.1 Å². The number of carbonyl (C=O) groups is 2. The van der Waals surface area contributed by atoms with Crippen molar-refractivity contribution in [2.75, 3.05) is 39.3 Å². The summed E-state index contributed by atoms with van der Waals surface area (Å²) in [6.45, 7) is 13.0. The first-order chi connectivity index (χ1) is 14.2. The molecular weight excluding hydrogens is 381 g/mol. The van der Waals surface area contributed by atoms with Crippen LogP contribution in [0.15, 0.2) is 24.3 Å². The Bertz CT molecular complexity index is 677. The molecule has 30 heavy (non-hydrogen) atoms. The van der Waals surface area contributed by atoms with Crippen molar-refractivity contribution in [3.05, 3.63) is 35.6 Å². The van der Waals surface area contributed by atoms with Crippen LogP contribution in [0.1, 0.15) is 58.9 Å². The summed E-state index contributed by atoms with van der Waals surface area (Å²) >= 11 is 0. The number of carbonyl (C=O) groups excluding carboxylic acids is 2. The molecule has 1 aliphatic rings. The minimum atomic E-state index is -0.469. The number of amides is 2. The van der Waals surface area contributed by atoms with Crippen LogP contribution in [0, 0.1) is 11.2 Å². The predicted octanol–water partition coefficient (Wildman–Crippen LogP) is 3.92. The molecule has 168 valence electrons. The molecule has 0 spiro atoms. The molecular formula is C24H38FN3O2. The number of benzene rings is 1. The molecule has 0 bridgehead atoms. The molecule has 0 N–H and O–H groups in total. The third-order valence-electron chi connectivity index (χ3n) is 5.62. The molecule has 1 aliphatic heterocycles. The van der Waals surface area contributed by atoms with Crippen LogP contribution in [0.5, 0.6) is 0 Å². The Hall–Kier alpha value is -1.95. The van der Waals surface area contributed by atoms with E-state index >= 15 is 0 Å². The molecule has 1 aromatic carbocycles. The van der Waals surface area contributed by atoms with Gasteiger partial charge in [-0.15, -0.1) is 0 Å². The van der Waals surface area contributed by atoms with Crippen molar-refractivity contribution in [3.63, 3.8) is 0 Å². The maximum atomic E-state index is 13.2. The zero-order chi connectivity index (χ0) is 22.1. The number of halogens is 1. The summed E-state index contributed by atoms with van der Waals surface area (Å²) < 4.78 is 13.2. The average Bonchev–Trinajstić information content (AvgIpc) is 2.72. The molecule has 0 atom stereocenters. The molecule has 1 aromatic rings. The van der Waals surface area contributed by atoms with Gasteiger partial charge in [0, 0.05) is 57.6 Å². The van der Waals surface area contributed by atoms with E-state index < -0.39 is 5.41 Å². The van der Waals surface area contributed by atoms with Gasteiger partial charge in [-0.2, -0.15) is 0 Å². The highest BCUT2D eigenvalue weighted by molar-refractivity contribution is 5.81. The van der Waals surface area contributed by atoms with Gasteiger partial charge >= 0.3 is 0 Å². The van der Waals surface area contributed by atoms with Crippen molar-refractivity contribution in [1.82, 2.24) is 14.7 Å². The molecule has 0 aromatic heterocycles. The van der Waals surface area contributed by atoms with Gasteiger partial charge in [0.25, 0.3) is 0 Å². The Labute approximate surface area is 181 Å². The van der Waals surface area contributed by atoms with Crippen LogP contribution >= 0.6 is 0 Å². The normalized spacial score (nSPS) is 15.3. The fourth-order valence-electron chi connectivity index (χ4n) is 3.70. The lowest BCUT2D eigenvalue weighted by Crippen LogP contribution is -2.51. The van der Waals surface area contributed by atoms with E-state index in [2.05, 4.69) is 11.8 Å². The van der Waals surface area contributed by atoms with E-state index in [0.29, 0.717) is 19.5 Å². The van der Waals surface area contributed by atoms with Crippen molar-refractivity contribution < 1.29 is 14.0 Å². The number of rotatable bonds is 9. The number of piperazine rings is 1. The zero-order valence-corrected chi connectivity index (χ0v) is 19.1. The standard InChI is InChI=1S/C24H38FN3O2/c1-5-6-7-8-22(29)27-16-13-26(14-17-27)15-18-28(23(30)24(2,3)4)19-20-9-11-21(25)12-10-20/h9-12H,5-8,13-19H2,1-4H3. The van der Waals surface area contributed by atoms with Gasteiger partial charge in [0.2, 0.25) is 11.8 Å². The van der Waals surface area contributed by atoms with E-state index in [1.54, 1.807) is 12.1 Å². The third kappa shape index (κ3) is 7.71. The first kappa shape index (κ1) is 24.3. The summed E-state index contributed by atoms with van der Waals surface area (Å²) in [6.07, 6.45) is 3.86. The van der Waals surface area contributed by atoms with E-state index in [1.807, 2.05) is 30.6 Å². The lowest BCUT2D eigenvalue weighted by atomic mass is 9.94. The van der Waals surface area contributed by atoms with Gasteiger partial charge in [0.15, 0.2) is 0 Å². The van der Waals surface area contributed by atoms with Crippen molar-refractivity contribution >= 4 is 11.8 Å². The highest BCUT2D eigenvalue weighted by atomic mass is 19.1. The molecule has 5 nitrogen and oxygen atoms in total. The maximum Gasteiger partial charge on any atom is 0.228 e. The molecule has 0 unspecified atom stereocenters. The summed E-state index contributed by atoms with van der Waals surface area (Å²) in [5.74, 6) is 0.0927. The minimum Gasteiger partial charge on any atom is -0.340 e. The monoisotopic (exact) mass is 419 g/mol. The Morgan fingerprint density at radius 2 is 1.67 bits per heavy atom. The first-order valence-corrected chi connectivity index (χ1v) is 11.2. The van der Waals surface area contributed by atoms with Gasteiger partial charge in [-0.25, -0.2) is 4.39 Å². The van der Waals surface area contributed by atoms with E-state index in [1.165, 1.54) is 12.1 Å². The second kappa shape index (κ2) is 11.4. The van der Waals surface area contributed by atoms with Gasteiger partial charge in [0.05, 0.1) is 0 Å². The Balaban J connectivity index is 1.87. The molecule has 0 aliphatic carbocycles. The molecule has 0 saturated carbocycles. The van der Waals surface area contributed by atoms with Crippen LogP contribution in [-0.4, -0.2) is 65.8 Å². The van der Waals surface area contributed by atoms with Crippen LogP contribution in [-0.2, 0) is 16.1 Å². The molecule has 0 radical (unpaired) electrons. The van der Waals surface area contributed by atoms with Crippen molar-refractivity contribution in [1.29, 1.82) is 0 Å². The van der Waals surface area contributed by atoms with E-state index in [-0.39, 0.29) is 17.6 Å². The Kier molecular flexibility index (Phi) is 9.28. The molecule has 1 saturated heterocycles. The molecule has 1 heterocycles. The van der Waals surface area contributed by atoms with Crippen LogP contribution in [0.2, 0.25) is 0 Å². The summed E-state index contributed by atoms with van der Waals surface area (Å²) in [7, 11) is 0. The number of unbranched alkanes of at least 4 members (excludes halogenated alkanes) is 2. The fourth-order valence-corrected chi connectivity index (χ4v) is 3.70. The van der Waals surface area contributed by atoms with E-state index in [0.717, 1.165) is 57.5 Å². The summed E-state index contributed by atoms with van der Waals surface area (Å²) in [5.41, 5.74) is 0.459. The lowest BCUT2D eigenvalue weighted by molar-refractivity contribution is -0.140. The Morgan fingerprint density at radius 3 is 2.23 bits per heavy atom. The maximum absolute atomic E-state index is 13.2. The second-order valence-electron chi connectivity index (χ2n) is 9.28. The minimum absolute atomic E-state index is 0.0940. The third-order valence-corrected chi connectivity index (χ3v) is 5.62. The average molecular weight is 420 g/mol. The van der Waals surface area contributed by atoms with Crippen LogP contribution in [0.25, 0.3) is 0 Å². The first-order valence-electron chi connectivity index (χ1n) is 11.2. The summed E-state index contributed by atoms with van der Waals surface area (Å²) in [6, 6.07) is 6.35. The highest BCUT2D eigenvalue weighted by Gasteiger charge is 2.28. The summed E-state index contributed by atoms with van der Waals surface area (Å²) in [5, 5.41) is 0. The van der Waals surface area contributed by atoms with E-state index in [9.17, 15) is 14.0 Å². The largest absolute Gasteiger partial charge is 0.340 e. The Morgan fingerprint density at radius 1 is 1.03 bits per heavy atom. The fraction of sp³-hybridized carbons (Fsp3) is 0.667. The predicted molar refractivity (Wildman–Crippen MR) is 118 cm³/mol. The van der Waals surface area contributed by atoms with Crippen molar-refractivity contribution in [2.24, 2.45) is 5.41 Å². The lowest BCUT2D eigenvalue weighted by Gasteiger charge is -2.37. The van der Waals surface area contributed by atoms with Gasteiger partial charge < -0.3 is 9.80 Å². The molecule has 2 rings (SSSR count). The topological polar surface area (TPSA) is 43.9 Å². The van der Waals surface area contributed by atoms with E-state index in [4.69, 9.17) is 0 Å². The zero-order valence-electron chi connectivity index (χ0n) is 19.1. The van der Waals surface area contributed by atoms with Gasteiger partial charge in [-0.3, -0.25) is 14.5 Å². The number of nitrogens with zero attached hydrogens (tertiary/aromatic N) is 3. The number of hydrogen-bond donors (Lipinski definition) is 0. The smallest absolute Gasteiger partial charge is 0.228 e. The van der Waals surface area contributed by atoms with Crippen LogP contribution < -0.4 is 0 Å². The quantitative estimate of drug-likeness (QED) is 0.570. The highest BCUT2D eigenvalue weighted by Crippen LogP contribution is 2.20. The molecule has 6 heteroatoms. The SMILES string of the molecule is CCCCCC(=O)N1CCN(CCN(Cc2ccc(F)cc2)C(=O)C(C)(C)C)CC1.